The Bertz CT molecular complexity index is 679. The van der Waals surface area contributed by atoms with Crippen LogP contribution in [-0.2, 0) is 20.5 Å². The number of rotatable bonds is 3. The number of benzene rings is 1. The van der Waals surface area contributed by atoms with Gasteiger partial charge in [0.1, 0.15) is 0 Å². The van der Waals surface area contributed by atoms with Crippen molar-refractivity contribution < 1.29 is 27.5 Å². The molecule has 2 saturated heterocycles. The Labute approximate surface area is 155 Å². The summed E-state index contributed by atoms with van der Waals surface area (Å²) in [5, 5.41) is 2.57. The maximum Gasteiger partial charge on any atom is 0.416 e. The zero-order valence-corrected chi connectivity index (χ0v) is 14.9. The van der Waals surface area contributed by atoms with Gasteiger partial charge in [0.15, 0.2) is 0 Å². The molecular weight excluding hydrogens is 361 g/mol. The molecule has 0 saturated carbocycles. The molecule has 1 N–H and O–H groups in total. The quantitative estimate of drug-likeness (QED) is 0.870. The molecule has 0 aliphatic carbocycles. The molecule has 2 aliphatic heterocycles. The molecule has 2 fully saturated rings. The highest BCUT2D eigenvalue weighted by atomic mass is 19.4. The van der Waals surface area contributed by atoms with Crippen LogP contribution < -0.4 is 5.32 Å². The van der Waals surface area contributed by atoms with E-state index in [9.17, 15) is 22.8 Å². The number of amides is 2. The third-order valence-corrected chi connectivity index (χ3v) is 5.21. The first-order chi connectivity index (χ1) is 12.8. The second kappa shape index (κ2) is 8.29. The lowest BCUT2D eigenvalue weighted by Crippen LogP contribution is -2.45. The second-order valence-electron chi connectivity index (χ2n) is 7.05. The number of alkyl halides is 3. The van der Waals surface area contributed by atoms with Crippen molar-refractivity contribution in [3.63, 3.8) is 0 Å². The standard InChI is InChI=1S/C19H23F3N2O3/c20-19(21,22)15-2-1-3-16(12-15)23-17(25)13-4-8-24(9-5-13)18(26)14-6-10-27-11-7-14/h1-3,12-14H,4-11H2,(H,23,25). The van der Waals surface area contributed by atoms with Crippen LogP contribution in [0.1, 0.15) is 31.2 Å². The lowest BCUT2D eigenvalue weighted by Gasteiger charge is -2.34. The van der Waals surface area contributed by atoms with Crippen molar-refractivity contribution in [2.45, 2.75) is 31.9 Å². The molecule has 0 radical (unpaired) electrons. The fourth-order valence-corrected chi connectivity index (χ4v) is 3.58. The maximum absolute atomic E-state index is 12.8. The van der Waals surface area contributed by atoms with Gasteiger partial charge >= 0.3 is 6.18 Å². The number of anilines is 1. The van der Waals surface area contributed by atoms with Gasteiger partial charge in [-0.1, -0.05) is 6.07 Å². The lowest BCUT2D eigenvalue weighted by molar-refractivity contribution is -0.141. The van der Waals surface area contributed by atoms with Gasteiger partial charge in [-0.05, 0) is 43.9 Å². The SMILES string of the molecule is O=C(Nc1cccc(C(F)(F)F)c1)C1CCN(C(=O)C2CCOCC2)CC1. The Morgan fingerprint density at radius 1 is 1.04 bits per heavy atom. The van der Waals surface area contributed by atoms with Crippen LogP contribution in [0.2, 0.25) is 0 Å². The van der Waals surface area contributed by atoms with Gasteiger partial charge in [-0.2, -0.15) is 13.2 Å². The smallest absolute Gasteiger partial charge is 0.381 e. The van der Waals surface area contributed by atoms with E-state index in [0.29, 0.717) is 39.1 Å². The molecule has 2 aliphatic rings. The van der Waals surface area contributed by atoms with Crippen molar-refractivity contribution in [1.29, 1.82) is 0 Å². The van der Waals surface area contributed by atoms with Crippen molar-refractivity contribution in [1.82, 2.24) is 4.90 Å². The highest BCUT2D eigenvalue weighted by Crippen LogP contribution is 2.31. The number of hydrogen-bond acceptors (Lipinski definition) is 3. The summed E-state index contributed by atoms with van der Waals surface area (Å²) >= 11 is 0. The molecule has 27 heavy (non-hydrogen) atoms. The van der Waals surface area contributed by atoms with E-state index in [1.54, 1.807) is 4.90 Å². The van der Waals surface area contributed by atoms with Gasteiger partial charge in [0.25, 0.3) is 0 Å². The summed E-state index contributed by atoms with van der Waals surface area (Å²) in [5.41, 5.74) is -0.660. The average Bonchev–Trinajstić information content (AvgIpc) is 2.68. The first kappa shape index (κ1) is 19.7. The van der Waals surface area contributed by atoms with E-state index < -0.39 is 11.7 Å². The van der Waals surface area contributed by atoms with Crippen LogP contribution in [0, 0.1) is 11.8 Å². The predicted molar refractivity (Wildman–Crippen MR) is 92.9 cm³/mol. The van der Waals surface area contributed by atoms with E-state index in [0.717, 1.165) is 25.0 Å². The van der Waals surface area contributed by atoms with Gasteiger partial charge in [-0.3, -0.25) is 9.59 Å². The normalized spacial score (nSPS) is 19.7. The van der Waals surface area contributed by atoms with Crippen molar-refractivity contribution in [2.75, 3.05) is 31.6 Å². The summed E-state index contributed by atoms with van der Waals surface area (Å²) in [4.78, 5) is 26.7. The molecule has 0 atom stereocenters. The summed E-state index contributed by atoms with van der Waals surface area (Å²) in [6.07, 6.45) is -1.96. The van der Waals surface area contributed by atoms with Crippen LogP contribution >= 0.6 is 0 Å². The lowest BCUT2D eigenvalue weighted by atomic mass is 9.93. The molecule has 2 heterocycles. The first-order valence-corrected chi connectivity index (χ1v) is 9.19. The van der Waals surface area contributed by atoms with Crippen molar-refractivity contribution in [2.24, 2.45) is 11.8 Å². The third-order valence-electron chi connectivity index (χ3n) is 5.21. The van der Waals surface area contributed by atoms with E-state index in [2.05, 4.69) is 5.32 Å². The minimum Gasteiger partial charge on any atom is -0.381 e. The Balaban J connectivity index is 1.52. The molecule has 5 nitrogen and oxygen atoms in total. The summed E-state index contributed by atoms with van der Waals surface area (Å²) in [6.45, 7) is 2.20. The van der Waals surface area contributed by atoms with Gasteiger partial charge < -0.3 is 15.0 Å². The maximum atomic E-state index is 12.8. The molecule has 0 unspecified atom stereocenters. The second-order valence-corrected chi connectivity index (χ2v) is 7.05. The molecular formula is C19H23F3N2O3. The molecule has 0 aromatic heterocycles. The van der Waals surface area contributed by atoms with Gasteiger partial charge in [0.05, 0.1) is 5.56 Å². The van der Waals surface area contributed by atoms with Crippen molar-refractivity contribution in [3.8, 4) is 0 Å². The minimum atomic E-state index is -4.45. The topological polar surface area (TPSA) is 58.6 Å². The summed E-state index contributed by atoms with van der Waals surface area (Å²) in [7, 11) is 0. The fraction of sp³-hybridized carbons (Fsp3) is 0.579. The van der Waals surface area contributed by atoms with Gasteiger partial charge in [-0.15, -0.1) is 0 Å². The highest BCUT2D eigenvalue weighted by Gasteiger charge is 2.33. The third kappa shape index (κ3) is 5.00. The van der Waals surface area contributed by atoms with Crippen molar-refractivity contribution in [3.05, 3.63) is 29.8 Å². The van der Waals surface area contributed by atoms with E-state index in [1.807, 2.05) is 0 Å². The van der Waals surface area contributed by atoms with Crippen LogP contribution in [-0.4, -0.2) is 43.0 Å². The van der Waals surface area contributed by atoms with Crippen LogP contribution in [0.15, 0.2) is 24.3 Å². The molecule has 8 heteroatoms. The van der Waals surface area contributed by atoms with Gasteiger partial charge in [0, 0.05) is 43.8 Å². The monoisotopic (exact) mass is 384 g/mol. The number of carbonyl (C=O) groups is 2. The largest absolute Gasteiger partial charge is 0.416 e. The van der Waals surface area contributed by atoms with Crippen LogP contribution in [0.4, 0.5) is 18.9 Å². The molecule has 0 bridgehead atoms. The number of halogens is 3. The van der Waals surface area contributed by atoms with Gasteiger partial charge in [-0.25, -0.2) is 0 Å². The fourth-order valence-electron chi connectivity index (χ4n) is 3.58. The molecule has 1 aromatic rings. The molecule has 0 spiro atoms. The minimum absolute atomic E-state index is 0.00534. The van der Waals surface area contributed by atoms with E-state index >= 15 is 0 Å². The number of ether oxygens (including phenoxy) is 1. The van der Waals surface area contributed by atoms with Crippen LogP contribution in [0.25, 0.3) is 0 Å². The van der Waals surface area contributed by atoms with E-state index in [-0.39, 0.29) is 29.3 Å². The Kier molecular flexibility index (Phi) is 6.04. The van der Waals surface area contributed by atoms with Crippen LogP contribution in [0.3, 0.4) is 0 Å². The Morgan fingerprint density at radius 3 is 2.33 bits per heavy atom. The van der Waals surface area contributed by atoms with Crippen molar-refractivity contribution >= 4 is 17.5 Å². The summed E-state index contributed by atoms with van der Waals surface area (Å²) in [6, 6.07) is 4.61. The van der Waals surface area contributed by atoms with E-state index in [1.165, 1.54) is 12.1 Å². The number of likely N-dealkylation sites (tertiary alicyclic amines) is 1. The van der Waals surface area contributed by atoms with E-state index in [4.69, 9.17) is 4.74 Å². The molecule has 1 aromatic carbocycles. The number of nitrogens with zero attached hydrogens (tertiary/aromatic N) is 1. The van der Waals surface area contributed by atoms with Gasteiger partial charge in [0.2, 0.25) is 11.8 Å². The predicted octanol–water partition coefficient (Wildman–Crippen LogP) is 3.31. The molecule has 148 valence electrons. The number of carbonyl (C=O) groups excluding carboxylic acids is 2. The zero-order valence-electron chi connectivity index (χ0n) is 14.9. The summed E-state index contributed by atoms with van der Waals surface area (Å²) in [5.74, 6) is -0.491. The Morgan fingerprint density at radius 2 is 1.70 bits per heavy atom. The Hall–Kier alpha value is -2.09. The zero-order chi connectivity index (χ0) is 19.4. The first-order valence-electron chi connectivity index (χ1n) is 9.19. The average molecular weight is 384 g/mol. The highest BCUT2D eigenvalue weighted by molar-refractivity contribution is 5.92. The molecule has 2 amide bonds. The number of hydrogen-bond donors (Lipinski definition) is 1. The number of nitrogens with one attached hydrogen (secondary N) is 1. The summed E-state index contributed by atoms with van der Waals surface area (Å²) < 4.78 is 43.6. The molecule has 3 rings (SSSR count). The van der Waals surface area contributed by atoms with Crippen LogP contribution in [0.5, 0.6) is 0 Å². The number of piperidine rings is 1.